The molecule has 2 aliphatic heterocycles. The van der Waals surface area contributed by atoms with Gasteiger partial charge in [-0.2, -0.15) is 0 Å². The number of methoxy groups -OCH3 is 1. The Kier molecular flexibility index (Phi) is 4.79. The molecule has 146 valence electrons. The third kappa shape index (κ3) is 3.13. The molecular formula is C22H23FN2O3. The summed E-state index contributed by atoms with van der Waals surface area (Å²) < 4.78 is 19.1. The molecule has 1 saturated heterocycles. The summed E-state index contributed by atoms with van der Waals surface area (Å²) in [6, 6.07) is 11.9. The quantitative estimate of drug-likeness (QED) is 0.818. The first-order valence-electron chi connectivity index (χ1n) is 9.51. The molecule has 2 atom stereocenters. The zero-order valence-corrected chi connectivity index (χ0v) is 16.0. The summed E-state index contributed by atoms with van der Waals surface area (Å²) in [6.45, 7) is 2.83. The Labute approximate surface area is 163 Å². The lowest BCUT2D eigenvalue weighted by atomic mass is 9.92. The van der Waals surface area contributed by atoms with E-state index in [9.17, 15) is 14.0 Å². The van der Waals surface area contributed by atoms with E-state index in [4.69, 9.17) is 4.74 Å². The zero-order chi connectivity index (χ0) is 19.8. The van der Waals surface area contributed by atoms with Crippen LogP contribution in [0, 0.1) is 11.7 Å². The monoisotopic (exact) mass is 382 g/mol. The van der Waals surface area contributed by atoms with Crippen LogP contribution in [0.5, 0.6) is 5.75 Å². The molecule has 2 amide bonds. The van der Waals surface area contributed by atoms with Crippen molar-refractivity contribution in [3.05, 3.63) is 59.4 Å². The van der Waals surface area contributed by atoms with Crippen molar-refractivity contribution in [2.75, 3.05) is 25.1 Å². The van der Waals surface area contributed by atoms with E-state index in [1.165, 1.54) is 12.1 Å². The van der Waals surface area contributed by atoms with Gasteiger partial charge in [0.1, 0.15) is 11.6 Å². The number of halogens is 1. The first-order chi connectivity index (χ1) is 13.5. The van der Waals surface area contributed by atoms with Gasteiger partial charge in [-0.3, -0.25) is 9.59 Å². The lowest BCUT2D eigenvalue weighted by molar-refractivity contribution is -0.138. The molecule has 2 heterocycles. The van der Waals surface area contributed by atoms with Crippen molar-refractivity contribution in [1.29, 1.82) is 0 Å². The molecular weight excluding hydrogens is 359 g/mol. The van der Waals surface area contributed by atoms with Crippen LogP contribution in [-0.4, -0.2) is 36.9 Å². The van der Waals surface area contributed by atoms with Crippen LogP contribution in [0.3, 0.4) is 0 Å². The Balaban J connectivity index is 1.54. The fourth-order valence-electron chi connectivity index (χ4n) is 4.28. The number of para-hydroxylation sites is 2. The van der Waals surface area contributed by atoms with Gasteiger partial charge in [-0.15, -0.1) is 0 Å². The molecule has 0 radical (unpaired) electrons. The first-order valence-corrected chi connectivity index (χ1v) is 9.51. The Hall–Kier alpha value is -2.89. The first kappa shape index (κ1) is 18.5. The number of carbonyl (C=O) groups excluding carboxylic acids is 2. The van der Waals surface area contributed by atoms with Crippen molar-refractivity contribution in [1.82, 2.24) is 4.90 Å². The van der Waals surface area contributed by atoms with E-state index in [0.717, 1.165) is 11.1 Å². The summed E-state index contributed by atoms with van der Waals surface area (Å²) in [5.74, 6) is -0.222. The van der Waals surface area contributed by atoms with Gasteiger partial charge in [0.25, 0.3) is 0 Å². The fourth-order valence-corrected chi connectivity index (χ4v) is 4.28. The normalized spacial score (nSPS) is 21.6. The summed E-state index contributed by atoms with van der Waals surface area (Å²) in [6.07, 6.45) is 0.874. The zero-order valence-electron chi connectivity index (χ0n) is 16.0. The maximum atomic E-state index is 13.7. The lowest BCUT2D eigenvalue weighted by Crippen LogP contribution is -2.43. The molecule has 0 N–H and O–H groups in total. The third-order valence-electron chi connectivity index (χ3n) is 5.78. The van der Waals surface area contributed by atoms with E-state index in [-0.39, 0.29) is 30.1 Å². The smallest absolute Gasteiger partial charge is 0.228 e. The molecule has 6 heteroatoms. The van der Waals surface area contributed by atoms with Crippen molar-refractivity contribution in [3.63, 3.8) is 0 Å². The number of fused-ring (bicyclic) bond motifs is 1. The summed E-state index contributed by atoms with van der Waals surface area (Å²) in [5.41, 5.74) is 2.62. The van der Waals surface area contributed by atoms with Crippen LogP contribution in [0.1, 0.15) is 30.5 Å². The molecule has 2 unspecified atom stereocenters. The standard InChI is InChI=1S/C22H23FN2O3/c1-14-18-12-17(23)8-7-15(18)9-10-24(14)22(27)16-11-21(26)25(13-16)19-5-3-4-6-20(19)28-2/h3-8,12,14,16H,9-11,13H2,1-2H3. The van der Waals surface area contributed by atoms with E-state index in [2.05, 4.69) is 0 Å². The summed E-state index contributed by atoms with van der Waals surface area (Å²) in [4.78, 5) is 29.2. The molecule has 2 aromatic carbocycles. The van der Waals surface area contributed by atoms with Crippen LogP contribution < -0.4 is 9.64 Å². The molecule has 2 aromatic rings. The Morgan fingerprint density at radius 3 is 2.79 bits per heavy atom. The van der Waals surface area contributed by atoms with Crippen molar-refractivity contribution in [3.8, 4) is 5.75 Å². The van der Waals surface area contributed by atoms with Gasteiger partial charge in [0.2, 0.25) is 11.8 Å². The predicted octanol–water partition coefficient (Wildman–Crippen LogP) is 3.33. The molecule has 0 aliphatic carbocycles. The second-order valence-electron chi connectivity index (χ2n) is 7.38. The van der Waals surface area contributed by atoms with Crippen LogP contribution in [0.25, 0.3) is 0 Å². The predicted molar refractivity (Wildman–Crippen MR) is 104 cm³/mol. The van der Waals surface area contributed by atoms with Crippen LogP contribution in [0.15, 0.2) is 42.5 Å². The van der Waals surface area contributed by atoms with Gasteiger partial charge >= 0.3 is 0 Å². The summed E-state index contributed by atoms with van der Waals surface area (Å²) in [7, 11) is 1.56. The topological polar surface area (TPSA) is 49.9 Å². The van der Waals surface area contributed by atoms with Crippen molar-refractivity contribution >= 4 is 17.5 Å². The number of hydrogen-bond donors (Lipinski definition) is 0. The average Bonchev–Trinajstić information content (AvgIpc) is 3.09. The number of anilines is 1. The van der Waals surface area contributed by atoms with Crippen LogP contribution in [-0.2, 0) is 16.0 Å². The summed E-state index contributed by atoms with van der Waals surface area (Å²) >= 11 is 0. The number of hydrogen-bond acceptors (Lipinski definition) is 3. The van der Waals surface area contributed by atoms with Gasteiger partial charge in [0.15, 0.2) is 0 Å². The minimum Gasteiger partial charge on any atom is -0.495 e. The largest absolute Gasteiger partial charge is 0.495 e. The molecule has 0 saturated carbocycles. The number of carbonyl (C=O) groups is 2. The third-order valence-corrected chi connectivity index (χ3v) is 5.78. The minimum atomic E-state index is -0.407. The molecule has 0 spiro atoms. The maximum Gasteiger partial charge on any atom is 0.228 e. The molecule has 1 fully saturated rings. The molecule has 0 aromatic heterocycles. The van der Waals surface area contributed by atoms with Gasteiger partial charge in [0.05, 0.1) is 24.8 Å². The van der Waals surface area contributed by atoms with Crippen molar-refractivity contribution in [2.24, 2.45) is 5.92 Å². The lowest BCUT2D eigenvalue weighted by Gasteiger charge is -2.36. The van der Waals surface area contributed by atoms with Crippen LogP contribution in [0.2, 0.25) is 0 Å². The number of amides is 2. The Morgan fingerprint density at radius 2 is 2.00 bits per heavy atom. The van der Waals surface area contributed by atoms with Gasteiger partial charge in [0, 0.05) is 19.5 Å². The average molecular weight is 382 g/mol. The van der Waals surface area contributed by atoms with E-state index < -0.39 is 5.92 Å². The highest BCUT2D eigenvalue weighted by Gasteiger charge is 2.40. The number of ether oxygens (including phenoxy) is 1. The molecule has 0 bridgehead atoms. The second-order valence-corrected chi connectivity index (χ2v) is 7.38. The van der Waals surface area contributed by atoms with E-state index in [1.54, 1.807) is 29.0 Å². The maximum absolute atomic E-state index is 13.7. The minimum absolute atomic E-state index is 0.0480. The molecule has 5 nitrogen and oxygen atoms in total. The fraction of sp³-hybridized carbons (Fsp3) is 0.364. The van der Waals surface area contributed by atoms with Crippen LogP contribution >= 0.6 is 0 Å². The van der Waals surface area contributed by atoms with Crippen LogP contribution in [0.4, 0.5) is 10.1 Å². The van der Waals surface area contributed by atoms with Gasteiger partial charge in [-0.1, -0.05) is 18.2 Å². The van der Waals surface area contributed by atoms with Crippen molar-refractivity contribution < 1.29 is 18.7 Å². The van der Waals surface area contributed by atoms with E-state index >= 15 is 0 Å². The SMILES string of the molecule is COc1ccccc1N1CC(C(=O)N2CCc3ccc(F)cc3C2C)CC1=O. The molecule has 2 aliphatic rings. The molecule has 28 heavy (non-hydrogen) atoms. The van der Waals surface area contributed by atoms with E-state index in [1.807, 2.05) is 25.1 Å². The Bertz CT molecular complexity index is 930. The second kappa shape index (κ2) is 7.26. The number of nitrogens with zero attached hydrogens (tertiary/aromatic N) is 2. The highest BCUT2D eigenvalue weighted by Crippen LogP contribution is 2.36. The van der Waals surface area contributed by atoms with Gasteiger partial charge in [-0.05, 0) is 48.7 Å². The number of benzene rings is 2. The number of rotatable bonds is 3. The van der Waals surface area contributed by atoms with E-state index in [0.29, 0.717) is 30.9 Å². The highest BCUT2D eigenvalue weighted by molar-refractivity contribution is 6.01. The Morgan fingerprint density at radius 1 is 1.21 bits per heavy atom. The van der Waals surface area contributed by atoms with Crippen molar-refractivity contribution in [2.45, 2.75) is 25.8 Å². The van der Waals surface area contributed by atoms with Gasteiger partial charge < -0.3 is 14.5 Å². The highest BCUT2D eigenvalue weighted by atomic mass is 19.1. The molecule has 4 rings (SSSR count). The summed E-state index contributed by atoms with van der Waals surface area (Å²) in [5, 5.41) is 0. The van der Waals surface area contributed by atoms with Gasteiger partial charge in [-0.25, -0.2) is 4.39 Å².